The molecule has 0 aliphatic rings. The summed E-state index contributed by atoms with van der Waals surface area (Å²) in [6.07, 6.45) is -2.84. The Balaban J connectivity index is 2.86. The molecular weight excluding hydrogens is 263 g/mol. The molecule has 0 unspecified atom stereocenters. The van der Waals surface area contributed by atoms with Gasteiger partial charge in [0.2, 0.25) is 0 Å². The van der Waals surface area contributed by atoms with Crippen LogP contribution in [-0.2, 0) is 6.18 Å². The number of hydrogen-bond donors (Lipinski definition) is 1. The van der Waals surface area contributed by atoms with Gasteiger partial charge in [-0.1, -0.05) is 13.8 Å². The number of aromatic carboxylic acids is 1. The zero-order valence-corrected chi connectivity index (χ0v) is 10.1. The quantitative estimate of drug-likeness (QED) is 0.913. The van der Waals surface area contributed by atoms with Gasteiger partial charge in [0.15, 0.2) is 11.3 Å². The number of alkyl halides is 3. The molecule has 2 rings (SSSR count). The van der Waals surface area contributed by atoms with Gasteiger partial charge in [-0.25, -0.2) is 14.3 Å². The standard InChI is InChI=1S/C11H10F3N3O2/c1-5(2)6-4-16-17-8(11(12,13)14)7(10(18)19)3-15-9(6)17/h3-5H,1-2H3,(H,18,19). The monoisotopic (exact) mass is 273 g/mol. The van der Waals surface area contributed by atoms with Crippen molar-refractivity contribution in [1.29, 1.82) is 0 Å². The molecule has 0 atom stereocenters. The molecule has 0 saturated heterocycles. The maximum Gasteiger partial charge on any atom is 0.434 e. The van der Waals surface area contributed by atoms with Crippen molar-refractivity contribution >= 4 is 11.6 Å². The zero-order valence-electron chi connectivity index (χ0n) is 10.1. The number of carboxylic acid groups (broad SMARTS) is 1. The van der Waals surface area contributed by atoms with Crippen molar-refractivity contribution in [3.8, 4) is 0 Å². The third-order valence-electron chi connectivity index (χ3n) is 2.67. The molecule has 19 heavy (non-hydrogen) atoms. The van der Waals surface area contributed by atoms with Crippen molar-refractivity contribution in [3.63, 3.8) is 0 Å². The van der Waals surface area contributed by atoms with E-state index in [1.165, 1.54) is 6.20 Å². The van der Waals surface area contributed by atoms with Gasteiger partial charge in [0.1, 0.15) is 5.56 Å². The van der Waals surface area contributed by atoms with Crippen LogP contribution in [0.2, 0.25) is 0 Å². The van der Waals surface area contributed by atoms with Crippen molar-refractivity contribution in [3.05, 3.63) is 29.2 Å². The molecule has 5 nitrogen and oxygen atoms in total. The van der Waals surface area contributed by atoms with E-state index < -0.39 is 23.4 Å². The van der Waals surface area contributed by atoms with Crippen LogP contribution >= 0.6 is 0 Å². The molecule has 2 heterocycles. The number of carbonyl (C=O) groups is 1. The van der Waals surface area contributed by atoms with E-state index in [0.717, 1.165) is 0 Å². The lowest BCUT2D eigenvalue weighted by Crippen LogP contribution is -2.19. The molecule has 1 N–H and O–H groups in total. The lowest BCUT2D eigenvalue weighted by atomic mass is 10.1. The van der Waals surface area contributed by atoms with E-state index >= 15 is 0 Å². The Morgan fingerprint density at radius 3 is 2.47 bits per heavy atom. The number of nitrogens with zero attached hydrogens (tertiary/aromatic N) is 3. The van der Waals surface area contributed by atoms with Crippen molar-refractivity contribution in [1.82, 2.24) is 14.6 Å². The Morgan fingerprint density at radius 1 is 1.37 bits per heavy atom. The molecular formula is C11H10F3N3O2. The van der Waals surface area contributed by atoms with Crippen LogP contribution in [0.25, 0.3) is 5.65 Å². The van der Waals surface area contributed by atoms with Crippen LogP contribution < -0.4 is 0 Å². The number of carboxylic acids is 1. The van der Waals surface area contributed by atoms with Crippen LogP contribution in [0.5, 0.6) is 0 Å². The minimum atomic E-state index is -4.82. The van der Waals surface area contributed by atoms with Gasteiger partial charge in [-0.15, -0.1) is 0 Å². The predicted molar refractivity (Wildman–Crippen MR) is 59.0 cm³/mol. The van der Waals surface area contributed by atoms with Crippen LogP contribution in [0.15, 0.2) is 12.4 Å². The van der Waals surface area contributed by atoms with E-state index in [1.54, 1.807) is 13.8 Å². The summed E-state index contributed by atoms with van der Waals surface area (Å²) in [7, 11) is 0. The first-order valence-electron chi connectivity index (χ1n) is 5.40. The average Bonchev–Trinajstić information content (AvgIpc) is 2.69. The van der Waals surface area contributed by atoms with Crippen molar-refractivity contribution < 1.29 is 23.1 Å². The van der Waals surface area contributed by atoms with E-state index in [-0.39, 0.29) is 11.6 Å². The summed E-state index contributed by atoms with van der Waals surface area (Å²) in [4.78, 5) is 14.6. The third kappa shape index (κ3) is 2.13. The van der Waals surface area contributed by atoms with Gasteiger partial charge in [0, 0.05) is 11.8 Å². The van der Waals surface area contributed by atoms with Gasteiger partial charge in [0.05, 0.1) is 6.20 Å². The molecule has 0 fully saturated rings. The Morgan fingerprint density at radius 2 is 2.00 bits per heavy atom. The lowest BCUT2D eigenvalue weighted by molar-refractivity contribution is -0.143. The first kappa shape index (κ1) is 13.3. The summed E-state index contributed by atoms with van der Waals surface area (Å²) >= 11 is 0. The topological polar surface area (TPSA) is 67.5 Å². The summed E-state index contributed by atoms with van der Waals surface area (Å²) in [5, 5.41) is 12.4. The Hall–Kier alpha value is -2.12. The predicted octanol–water partition coefficient (Wildman–Crippen LogP) is 2.57. The third-order valence-corrected chi connectivity index (χ3v) is 2.67. The highest BCUT2D eigenvalue weighted by Crippen LogP contribution is 2.33. The molecule has 2 aromatic rings. The highest BCUT2D eigenvalue weighted by molar-refractivity contribution is 5.89. The summed E-state index contributed by atoms with van der Waals surface area (Å²) in [6.45, 7) is 3.58. The number of rotatable bonds is 2. The number of hydrogen-bond acceptors (Lipinski definition) is 3. The second-order valence-electron chi connectivity index (χ2n) is 4.31. The SMILES string of the molecule is CC(C)c1cnn2c(C(F)(F)F)c(C(=O)O)cnc12. The molecule has 8 heteroatoms. The smallest absolute Gasteiger partial charge is 0.434 e. The van der Waals surface area contributed by atoms with Gasteiger partial charge in [-0.2, -0.15) is 18.3 Å². The highest BCUT2D eigenvalue weighted by Gasteiger charge is 2.39. The maximum absolute atomic E-state index is 13.0. The van der Waals surface area contributed by atoms with Crippen LogP contribution in [0.4, 0.5) is 13.2 Å². The molecule has 0 radical (unpaired) electrons. The largest absolute Gasteiger partial charge is 0.478 e. The van der Waals surface area contributed by atoms with Gasteiger partial charge in [0.25, 0.3) is 0 Å². The molecule has 0 bridgehead atoms. The molecule has 0 aliphatic carbocycles. The molecule has 0 spiro atoms. The second-order valence-corrected chi connectivity index (χ2v) is 4.31. The maximum atomic E-state index is 13.0. The molecule has 102 valence electrons. The molecule has 0 saturated carbocycles. The van der Waals surface area contributed by atoms with E-state index in [9.17, 15) is 18.0 Å². The van der Waals surface area contributed by atoms with Crippen LogP contribution in [0.3, 0.4) is 0 Å². The van der Waals surface area contributed by atoms with Gasteiger partial charge < -0.3 is 5.11 Å². The molecule has 0 aromatic carbocycles. The molecule has 0 amide bonds. The van der Waals surface area contributed by atoms with Gasteiger partial charge >= 0.3 is 12.1 Å². The fourth-order valence-electron chi connectivity index (χ4n) is 1.78. The van der Waals surface area contributed by atoms with E-state index in [1.807, 2.05) is 0 Å². The van der Waals surface area contributed by atoms with Crippen LogP contribution in [0.1, 0.15) is 41.4 Å². The summed E-state index contributed by atoms with van der Waals surface area (Å²) in [6, 6.07) is 0. The van der Waals surface area contributed by atoms with Crippen molar-refractivity contribution in [2.24, 2.45) is 0 Å². The van der Waals surface area contributed by atoms with Crippen molar-refractivity contribution in [2.45, 2.75) is 25.9 Å². The normalized spacial score (nSPS) is 12.3. The first-order chi connectivity index (χ1) is 8.73. The molecule has 0 aliphatic heterocycles. The Labute approximate surface area is 105 Å². The van der Waals surface area contributed by atoms with Crippen molar-refractivity contribution in [2.75, 3.05) is 0 Å². The number of halogens is 3. The fraction of sp³-hybridized carbons (Fsp3) is 0.364. The Kier molecular flexibility index (Phi) is 2.95. The van der Waals surface area contributed by atoms with Gasteiger partial charge in [-0.3, -0.25) is 0 Å². The average molecular weight is 273 g/mol. The second kappa shape index (κ2) is 4.22. The van der Waals surface area contributed by atoms with E-state index in [4.69, 9.17) is 5.11 Å². The van der Waals surface area contributed by atoms with E-state index in [2.05, 4.69) is 10.1 Å². The number of fused-ring (bicyclic) bond motifs is 1. The Bertz CT molecular complexity index is 646. The van der Waals surface area contributed by atoms with E-state index in [0.29, 0.717) is 16.3 Å². The van der Waals surface area contributed by atoms with Crippen LogP contribution in [-0.4, -0.2) is 25.7 Å². The van der Waals surface area contributed by atoms with Gasteiger partial charge in [-0.05, 0) is 5.92 Å². The zero-order chi connectivity index (χ0) is 14.4. The summed E-state index contributed by atoms with van der Waals surface area (Å²) < 4.78 is 39.5. The minimum absolute atomic E-state index is 0.0207. The lowest BCUT2D eigenvalue weighted by Gasteiger charge is -2.12. The summed E-state index contributed by atoms with van der Waals surface area (Å²) in [5.41, 5.74) is -1.69. The summed E-state index contributed by atoms with van der Waals surface area (Å²) in [5.74, 6) is -1.76. The van der Waals surface area contributed by atoms with Crippen LogP contribution in [0, 0.1) is 0 Å². The fourth-order valence-corrected chi connectivity index (χ4v) is 1.78. The molecule has 2 aromatic heterocycles. The minimum Gasteiger partial charge on any atom is -0.478 e. The first-order valence-corrected chi connectivity index (χ1v) is 5.40. The number of aromatic nitrogens is 3. The highest BCUT2D eigenvalue weighted by atomic mass is 19.4.